The molecular formula is C19H18ClN3O3. The lowest BCUT2D eigenvalue weighted by molar-refractivity contribution is -0.132. The molecule has 3 amide bonds. The van der Waals surface area contributed by atoms with Crippen molar-refractivity contribution in [1.29, 1.82) is 0 Å². The predicted octanol–water partition coefficient (Wildman–Crippen LogP) is 3.22. The van der Waals surface area contributed by atoms with Crippen LogP contribution in [-0.4, -0.2) is 24.3 Å². The molecule has 0 atom stereocenters. The van der Waals surface area contributed by atoms with E-state index < -0.39 is 11.8 Å². The first-order valence-corrected chi connectivity index (χ1v) is 8.61. The van der Waals surface area contributed by atoms with Gasteiger partial charge in [0.1, 0.15) is 0 Å². The Labute approximate surface area is 156 Å². The zero-order valence-electron chi connectivity index (χ0n) is 14.2. The van der Waals surface area contributed by atoms with Crippen molar-refractivity contribution in [2.24, 2.45) is 0 Å². The molecule has 0 aromatic heterocycles. The van der Waals surface area contributed by atoms with Crippen LogP contribution in [0, 0.1) is 0 Å². The van der Waals surface area contributed by atoms with Gasteiger partial charge in [0, 0.05) is 35.6 Å². The zero-order valence-corrected chi connectivity index (χ0v) is 15.0. The Bertz CT molecular complexity index is 882. The highest BCUT2D eigenvalue weighted by Gasteiger charge is 2.21. The molecule has 26 heavy (non-hydrogen) atoms. The number of nitrogens with zero attached hydrogens (tertiary/aromatic N) is 1. The Morgan fingerprint density at radius 1 is 1.00 bits per heavy atom. The normalized spacial score (nSPS) is 12.9. The molecule has 0 radical (unpaired) electrons. The van der Waals surface area contributed by atoms with Crippen molar-refractivity contribution in [2.75, 3.05) is 22.1 Å². The number of nitrogens with one attached hydrogen (secondary N) is 2. The lowest BCUT2D eigenvalue weighted by Crippen LogP contribution is -2.34. The van der Waals surface area contributed by atoms with E-state index in [1.165, 1.54) is 6.92 Å². The maximum atomic E-state index is 12.1. The second kappa shape index (κ2) is 7.58. The molecule has 0 spiro atoms. The molecule has 7 heteroatoms. The van der Waals surface area contributed by atoms with Gasteiger partial charge in [-0.15, -0.1) is 0 Å². The number of hydrogen-bond donors (Lipinski definition) is 2. The van der Waals surface area contributed by atoms with Crippen molar-refractivity contribution in [3.63, 3.8) is 0 Å². The first-order chi connectivity index (χ1) is 12.4. The van der Waals surface area contributed by atoms with Crippen molar-refractivity contribution in [3.8, 4) is 0 Å². The Balaban J connectivity index is 1.72. The van der Waals surface area contributed by atoms with Gasteiger partial charge in [-0.25, -0.2) is 0 Å². The fourth-order valence-electron chi connectivity index (χ4n) is 2.92. The molecule has 3 rings (SSSR count). The van der Waals surface area contributed by atoms with Crippen molar-refractivity contribution in [2.45, 2.75) is 19.8 Å². The highest BCUT2D eigenvalue weighted by molar-refractivity contribution is 6.43. The van der Waals surface area contributed by atoms with E-state index in [1.54, 1.807) is 41.3 Å². The molecule has 6 nitrogen and oxygen atoms in total. The maximum absolute atomic E-state index is 12.1. The Morgan fingerprint density at radius 3 is 2.35 bits per heavy atom. The summed E-state index contributed by atoms with van der Waals surface area (Å²) in [7, 11) is 0. The second-order valence-corrected chi connectivity index (χ2v) is 6.47. The lowest BCUT2D eigenvalue weighted by Gasteiger charge is -2.29. The summed E-state index contributed by atoms with van der Waals surface area (Å²) in [5, 5.41) is 5.52. The summed E-state index contributed by atoms with van der Waals surface area (Å²) in [5.74, 6) is -1.64. The van der Waals surface area contributed by atoms with Crippen LogP contribution in [0.3, 0.4) is 0 Å². The van der Waals surface area contributed by atoms with E-state index in [4.69, 9.17) is 11.6 Å². The van der Waals surface area contributed by atoms with Crippen LogP contribution in [-0.2, 0) is 20.8 Å². The van der Waals surface area contributed by atoms with Crippen molar-refractivity contribution < 1.29 is 14.4 Å². The smallest absolute Gasteiger partial charge is 0.314 e. The van der Waals surface area contributed by atoms with Gasteiger partial charge in [0.15, 0.2) is 0 Å². The number of fused-ring (bicyclic) bond motifs is 1. The number of carbonyl (C=O) groups is 3. The van der Waals surface area contributed by atoms with E-state index in [9.17, 15) is 14.4 Å². The molecule has 0 saturated heterocycles. The van der Waals surface area contributed by atoms with E-state index in [0.29, 0.717) is 22.9 Å². The SMILES string of the molecule is CC(=O)N1CCCc2ccc(NC(=O)C(=O)Nc3cccc(Cl)c3)cc21. The Hall–Kier alpha value is -2.86. The van der Waals surface area contributed by atoms with Crippen LogP contribution in [0.1, 0.15) is 18.9 Å². The third kappa shape index (κ3) is 4.03. The van der Waals surface area contributed by atoms with Crippen LogP contribution < -0.4 is 15.5 Å². The van der Waals surface area contributed by atoms with Gasteiger partial charge in [-0.05, 0) is 48.7 Å². The molecule has 1 aliphatic rings. The highest BCUT2D eigenvalue weighted by Crippen LogP contribution is 2.30. The van der Waals surface area contributed by atoms with Crippen molar-refractivity contribution >= 4 is 46.4 Å². The average molecular weight is 372 g/mol. The van der Waals surface area contributed by atoms with Crippen molar-refractivity contribution in [3.05, 3.63) is 53.1 Å². The monoisotopic (exact) mass is 371 g/mol. The third-order valence-electron chi connectivity index (χ3n) is 4.13. The van der Waals surface area contributed by atoms with Gasteiger partial charge in [-0.3, -0.25) is 14.4 Å². The highest BCUT2D eigenvalue weighted by atomic mass is 35.5. The summed E-state index contributed by atoms with van der Waals surface area (Å²) >= 11 is 5.86. The fraction of sp³-hybridized carbons (Fsp3) is 0.211. The molecule has 1 aliphatic heterocycles. The first-order valence-electron chi connectivity index (χ1n) is 8.23. The predicted molar refractivity (Wildman–Crippen MR) is 102 cm³/mol. The first kappa shape index (κ1) is 17.9. The second-order valence-electron chi connectivity index (χ2n) is 6.04. The molecule has 134 valence electrons. The summed E-state index contributed by atoms with van der Waals surface area (Å²) in [5.41, 5.74) is 2.72. The van der Waals surface area contributed by atoms with E-state index in [0.717, 1.165) is 24.1 Å². The molecule has 2 N–H and O–H groups in total. The quantitative estimate of drug-likeness (QED) is 0.795. The van der Waals surface area contributed by atoms with Gasteiger partial charge in [-0.2, -0.15) is 0 Å². The van der Waals surface area contributed by atoms with Crippen molar-refractivity contribution in [1.82, 2.24) is 0 Å². The van der Waals surface area contributed by atoms with Gasteiger partial charge in [-0.1, -0.05) is 23.7 Å². The number of aryl methyl sites for hydroxylation is 1. The minimum atomic E-state index is -0.798. The maximum Gasteiger partial charge on any atom is 0.314 e. The van der Waals surface area contributed by atoms with Crippen LogP contribution in [0.15, 0.2) is 42.5 Å². The number of halogens is 1. The molecule has 0 bridgehead atoms. The minimum absolute atomic E-state index is 0.0480. The van der Waals surface area contributed by atoms with Gasteiger partial charge in [0.05, 0.1) is 0 Å². The van der Waals surface area contributed by atoms with Gasteiger partial charge < -0.3 is 15.5 Å². The molecule has 2 aromatic carbocycles. The number of amides is 3. The zero-order chi connectivity index (χ0) is 18.7. The summed E-state index contributed by atoms with van der Waals surface area (Å²) < 4.78 is 0. The summed E-state index contributed by atoms with van der Waals surface area (Å²) in [6.07, 6.45) is 1.78. The topological polar surface area (TPSA) is 78.5 Å². The standard InChI is InChI=1S/C19H18ClN3O3/c1-12(24)23-9-3-4-13-7-8-16(11-17(13)23)22-19(26)18(25)21-15-6-2-5-14(20)10-15/h2,5-8,10-11H,3-4,9H2,1H3,(H,21,25)(H,22,26). The third-order valence-corrected chi connectivity index (χ3v) is 4.37. The summed E-state index contributed by atoms with van der Waals surface area (Å²) in [6.45, 7) is 2.16. The average Bonchev–Trinajstić information content (AvgIpc) is 2.61. The van der Waals surface area contributed by atoms with E-state index in [1.807, 2.05) is 6.07 Å². The number of benzene rings is 2. The van der Waals surface area contributed by atoms with Crippen LogP contribution in [0.4, 0.5) is 17.1 Å². The van der Waals surface area contributed by atoms with Crippen LogP contribution in [0.25, 0.3) is 0 Å². The van der Waals surface area contributed by atoms with Gasteiger partial charge in [0.2, 0.25) is 5.91 Å². The van der Waals surface area contributed by atoms with Gasteiger partial charge >= 0.3 is 11.8 Å². The van der Waals surface area contributed by atoms with Gasteiger partial charge in [0.25, 0.3) is 0 Å². The van der Waals surface area contributed by atoms with Crippen LogP contribution in [0.2, 0.25) is 5.02 Å². The summed E-state index contributed by atoms with van der Waals surface area (Å²) in [4.78, 5) is 37.7. The van der Waals surface area contributed by atoms with Crippen LogP contribution in [0.5, 0.6) is 0 Å². The van der Waals surface area contributed by atoms with E-state index in [-0.39, 0.29) is 5.91 Å². The van der Waals surface area contributed by atoms with Crippen LogP contribution >= 0.6 is 11.6 Å². The molecule has 0 unspecified atom stereocenters. The Morgan fingerprint density at radius 2 is 1.69 bits per heavy atom. The number of carbonyl (C=O) groups excluding carboxylic acids is 3. The number of hydrogen-bond acceptors (Lipinski definition) is 3. The minimum Gasteiger partial charge on any atom is -0.318 e. The molecule has 1 heterocycles. The van der Waals surface area contributed by atoms with E-state index in [2.05, 4.69) is 10.6 Å². The summed E-state index contributed by atoms with van der Waals surface area (Å²) in [6, 6.07) is 11.9. The number of anilines is 3. The Kier molecular flexibility index (Phi) is 5.23. The largest absolute Gasteiger partial charge is 0.318 e. The molecule has 2 aromatic rings. The van der Waals surface area contributed by atoms with E-state index >= 15 is 0 Å². The number of rotatable bonds is 2. The molecule has 0 fully saturated rings. The molecule has 0 saturated carbocycles. The molecular weight excluding hydrogens is 354 g/mol. The fourth-order valence-corrected chi connectivity index (χ4v) is 3.11. The lowest BCUT2D eigenvalue weighted by atomic mass is 10.0. The molecule has 0 aliphatic carbocycles.